The van der Waals surface area contributed by atoms with Crippen molar-refractivity contribution in [2.24, 2.45) is 18.9 Å². The predicted octanol–water partition coefficient (Wildman–Crippen LogP) is 3.55. The fourth-order valence-corrected chi connectivity index (χ4v) is 5.24. The highest BCUT2D eigenvalue weighted by Gasteiger charge is 2.40. The molecule has 0 spiro atoms. The molecule has 2 fully saturated rings. The molecular formula is C24H30N6. The van der Waals surface area contributed by atoms with Gasteiger partial charge in [0, 0.05) is 44.5 Å². The number of rotatable bonds is 6. The lowest BCUT2D eigenvalue weighted by atomic mass is 10.0. The second-order valence-corrected chi connectivity index (χ2v) is 8.93. The minimum absolute atomic E-state index is 0.511. The Balaban J connectivity index is 1.12. The molecule has 3 aromatic rings. The van der Waals surface area contributed by atoms with Gasteiger partial charge in [0.05, 0.1) is 11.4 Å². The van der Waals surface area contributed by atoms with Crippen LogP contribution in [0.25, 0.3) is 11.3 Å². The Labute approximate surface area is 178 Å². The molecule has 1 saturated carbocycles. The number of nitrogens with one attached hydrogen (secondary N) is 1. The summed E-state index contributed by atoms with van der Waals surface area (Å²) < 4.78 is 1.82. The molecule has 6 heteroatoms. The average molecular weight is 403 g/mol. The second kappa shape index (κ2) is 8.19. The summed E-state index contributed by atoms with van der Waals surface area (Å²) in [6, 6.07) is 15.4. The van der Waals surface area contributed by atoms with Crippen LogP contribution in [0.15, 0.2) is 48.7 Å². The van der Waals surface area contributed by atoms with Crippen molar-refractivity contribution in [3.63, 3.8) is 0 Å². The molecule has 0 bridgehead atoms. The summed E-state index contributed by atoms with van der Waals surface area (Å²) in [5.41, 5.74) is 4.34. The Morgan fingerprint density at radius 3 is 2.40 bits per heavy atom. The molecule has 0 unspecified atom stereocenters. The van der Waals surface area contributed by atoms with E-state index in [4.69, 9.17) is 0 Å². The zero-order chi connectivity index (χ0) is 20.5. The van der Waals surface area contributed by atoms with Crippen LogP contribution in [0.1, 0.15) is 24.1 Å². The van der Waals surface area contributed by atoms with Gasteiger partial charge in [-0.1, -0.05) is 30.3 Å². The number of aromatic nitrogens is 4. The van der Waals surface area contributed by atoms with Crippen LogP contribution in [-0.2, 0) is 13.5 Å². The van der Waals surface area contributed by atoms with Gasteiger partial charge in [-0.15, -0.1) is 10.2 Å². The molecule has 1 saturated heterocycles. The second-order valence-electron chi connectivity index (χ2n) is 8.93. The molecule has 0 radical (unpaired) electrons. The van der Waals surface area contributed by atoms with Crippen molar-refractivity contribution in [2.45, 2.75) is 32.2 Å². The third-order valence-electron chi connectivity index (χ3n) is 6.69. The monoisotopic (exact) mass is 402 g/mol. The molecular weight excluding hydrogens is 372 g/mol. The van der Waals surface area contributed by atoms with Gasteiger partial charge >= 0.3 is 0 Å². The van der Waals surface area contributed by atoms with E-state index in [-0.39, 0.29) is 0 Å². The van der Waals surface area contributed by atoms with Gasteiger partial charge in [-0.05, 0) is 55.7 Å². The fraction of sp³-hybridized carbons (Fsp3) is 0.458. The van der Waals surface area contributed by atoms with Crippen molar-refractivity contribution in [3.8, 4) is 11.3 Å². The molecule has 2 aromatic heterocycles. The Kier molecular flexibility index (Phi) is 5.25. The summed E-state index contributed by atoms with van der Waals surface area (Å²) >= 11 is 0. The van der Waals surface area contributed by atoms with E-state index >= 15 is 0 Å². The van der Waals surface area contributed by atoms with Gasteiger partial charge in [0.15, 0.2) is 0 Å². The zero-order valence-electron chi connectivity index (χ0n) is 17.8. The largest absolute Gasteiger partial charge is 0.366 e. The first kappa shape index (κ1) is 19.2. The van der Waals surface area contributed by atoms with Crippen molar-refractivity contribution in [3.05, 3.63) is 59.9 Å². The van der Waals surface area contributed by atoms with E-state index in [1.807, 2.05) is 30.9 Å². The van der Waals surface area contributed by atoms with E-state index in [1.54, 1.807) is 0 Å². The Morgan fingerprint density at radius 1 is 1.00 bits per heavy atom. The number of aryl methyl sites for hydroxylation is 2. The van der Waals surface area contributed by atoms with Crippen LogP contribution in [0.4, 0.5) is 5.82 Å². The first-order valence-corrected chi connectivity index (χ1v) is 11.0. The molecule has 1 aliphatic carbocycles. The number of benzene rings is 1. The molecule has 3 heterocycles. The van der Waals surface area contributed by atoms with Gasteiger partial charge in [0.25, 0.3) is 0 Å². The number of likely N-dealkylation sites (tertiary alicyclic amines) is 1. The van der Waals surface area contributed by atoms with Gasteiger partial charge in [0.2, 0.25) is 0 Å². The summed E-state index contributed by atoms with van der Waals surface area (Å²) in [5.74, 6) is 2.50. The van der Waals surface area contributed by atoms with E-state index in [0.29, 0.717) is 6.04 Å². The van der Waals surface area contributed by atoms with Crippen LogP contribution in [0.5, 0.6) is 0 Å². The van der Waals surface area contributed by atoms with E-state index in [0.717, 1.165) is 41.0 Å². The van der Waals surface area contributed by atoms with Gasteiger partial charge in [-0.25, -0.2) is 0 Å². The van der Waals surface area contributed by atoms with Crippen LogP contribution in [0, 0.1) is 18.8 Å². The highest BCUT2D eigenvalue weighted by Crippen LogP contribution is 2.39. The maximum absolute atomic E-state index is 4.43. The summed E-state index contributed by atoms with van der Waals surface area (Å²) in [5, 5.41) is 16.9. The van der Waals surface area contributed by atoms with Crippen LogP contribution in [-0.4, -0.2) is 50.6 Å². The lowest BCUT2D eigenvalue weighted by Gasteiger charge is -2.19. The standard InChI is InChI=1S/C24H30N6/c1-17-22(16-29(2)28-17)23-8-9-24(27-26-23)25-21-12-19-14-30(15-20(19)13-21)11-10-18-6-4-3-5-7-18/h3-9,16,19-21H,10-15H2,1-2H3,(H,25,27)/t19-,20+,21-. The number of hydrogen-bond acceptors (Lipinski definition) is 5. The Hall–Kier alpha value is -2.73. The van der Waals surface area contributed by atoms with E-state index in [9.17, 15) is 0 Å². The van der Waals surface area contributed by atoms with Gasteiger partial charge < -0.3 is 10.2 Å². The van der Waals surface area contributed by atoms with Crippen molar-refractivity contribution >= 4 is 5.82 Å². The number of fused-ring (bicyclic) bond motifs is 1. The SMILES string of the molecule is Cc1nn(C)cc1-c1ccc(N[C@@H]2C[C@@H]3CN(CCc4ccccc4)C[C@@H]3C2)nn1. The summed E-state index contributed by atoms with van der Waals surface area (Å²) in [7, 11) is 1.93. The average Bonchev–Trinajstić information content (AvgIpc) is 3.40. The molecule has 1 N–H and O–H groups in total. The quantitative estimate of drug-likeness (QED) is 0.683. The highest BCUT2D eigenvalue weighted by molar-refractivity contribution is 5.61. The maximum Gasteiger partial charge on any atom is 0.148 e. The number of anilines is 1. The van der Waals surface area contributed by atoms with Crippen molar-refractivity contribution in [2.75, 3.05) is 25.0 Å². The molecule has 156 valence electrons. The van der Waals surface area contributed by atoms with E-state index in [1.165, 1.54) is 38.0 Å². The molecule has 5 rings (SSSR count). The Morgan fingerprint density at radius 2 is 1.77 bits per heavy atom. The summed E-state index contributed by atoms with van der Waals surface area (Å²) in [4.78, 5) is 2.66. The topological polar surface area (TPSA) is 58.9 Å². The van der Waals surface area contributed by atoms with Crippen molar-refractivity contribution < 1.29 is 0 Å². The van der Waals surface area contributed by atoms with Crippen LogP contribution in [0.3, 0.4) is 0 Å². The molecule has 3 atom stereocenters. The number of nitrogens with zero attached hydrogens (tertiary/aromatic N) is 5. The van der Waals surface area contributed by atoms with Crippen LogP contribution in [0.2, 0.25) is 0 Å². The molecule has 6 nitrogen and oxygen atoms in total. The van der Waals surface area contributed by atoms with Crippen molar-refractivity contribution in [1.82, 2.24) is 24.9 Å². The molecule has 1 aliphatic heterocycles. The smallest absolute Gasteiger partial charge is 0.148 e. The highest BCUT2D eigenvalue weighted by atomic mass is 15.3. The van der Waals surface area contributed by atoms with Gasteiger partial charge in [0.1, 0.15) is 5.82 Å². The first-order chi connectivity index (χ1) is 14.6. The lowest BCUT2D eigenvalue weighted by molar-refractivity contribution is 0.312. The van der Waals surface area contributed by atoms with Gasteiger partial charge in [-0.3, -0.25) is 4.68 Å². The van der Waals surface area contributed by atoms with E-state index < -0.39 is 0 Å². The first-order valence-electron chi connectivity index (χ1n) is 11.0. The summed E-state index contributed by atoms with van der Waals surface area (Å²) in [6.45, 7) is 5.65. The van der Waals surface area contributed by atoms with E-state index in [2.05, 4.69) is 61.9 Å². The third-order valence-corrected chi connectivity index (χ3v) is 6.69. The zero-order valence-corrected chi connectivity index (χ0v) is 17.8. The third kappa shape index (κ3) is 4.10. The molecule has 1 aromatic carbocycles. The molecule has 30 heavy (non-hydrogen) atoms. The summed E-state index contributed by atoms with van der Waals surface area (Å²) in [6.07, 6.45) is 5.61. The Bertz CT molecular complexity index is 967. The van der Waals surface area contributed by atoms with Gasteiger partial charge in [-0.2, -0.15) is 5.10 Å². The maximum atomic E-state index is 4.43. The minimum Gasteiger partial charge on any atom is -0.366 e. The minimum atomic E-state index is 0.511. The van der Waals surface area contributed by atoms with Crippen LogP contribution >= 0.6 is 0 Å². The predicted molar refractivity (Wildman–Crippen MR) is 119 cm³/mol. The van der Waals surface area contributed by atoms with Crippen molar-refractivity contribution in [1.29, 1.82) is 0 Å². The molecule has 2 aliphatic rings. The van der Waals surface area contributed by atoms with Crippen LogP contribution < -0.4 is 5.32 Å². The normalized spacial score (nSPS) is 23.6. The molecule has 0 amide bonds. The lowest BCUT2D eigenvalue weighted by Crippen LogP contribution is -2.27. The fourth-order valence-electron chi connectivity index (χ4n) is 5.24. The number of hydrogen-bond donors (Lipinski definition) is 1.